The van der Waals surface area contributed by atoms with Crippen LogP contribution in [0.25, 0.3) is 0 Å². The van der Waals surface area contributed by atoms with E-state index in [0.29, 0.717) is 17.4 Å². The maximum Gasteiger partial charge on any atom is 0.136 e. The van der Waals surface area contributed by atoms with Crippen LogP contribution in [0.5, 0.6) is 5.75 Å². The third-order valence-electron chi connectivity index (χ3n) is 2.65. The average molecular weight is 218 g/mol. The average Bonchev–Trinajstić information content (AvgIpc) is 2.35. The van der Waals surface area contributed by atoms with Crippen LogP contribution < -0.4 is 10.1 Å². The first kappa shape index (κ1) is 12.5. The largest absolute Gasteiger partial charge is 0.495 e. The molecule has 0 amide bonds. The lowest BCUT2D eigenvalue weighted by atomic mass is 10.1. The number of nitriles is 1. The van der Waals surface area contributed by atoms with Crippen molar-refractivity contribution in [1.29, 1.82) is 5.26 Å². The Kier molecular flexibility index (Phi) is 4.81. The van der Waals surface area contributed by atoms with E-state index in [4.69, 9.17) is 10.00 Å². The molecule has 0 heterocycles. The summed E-state index contributed by atoms with van der Waals surface area (Å²) >= 11 is 0. The molecule has 0 aliphatic rings. The monoisotopic (exact) mass is 218 g/mol. The first-order valence-electron chi connectivity index (χ1n) is 5.51. The van der Waals surface area contributed by atoms with Gasteiger partial charge in [0.2, 0.25) is 0 Å². The smallest absolute Gasteiger partial charge is 0.136 e. The maximum absolute atomic E-state index is 8.95. The Balaban J connectivity index is 2.72. The minimum atomic E-state index is 0.493. The third kappa shape index (κ3) is 3.25. The zero-order valence-corrected chi connectivity index (χ0v) is 10.1. The van der Waals surface area contributed by atoms with E-state index < -0.39 is 0 Å². The number of hydrogen-bond acceptors (Lipinski definition) is 3. The van der Waals surface area contributed by atoms with Crippen molar-refractivity contribution in [3.63, 3.8) is 0 Å². The molecular formula is C13H18N2O. The van der Waals surface area contributed by atoms with Crippen molar-refractivity contribution >= 4 is 0 Å². The summed E-state index contributed by atoms with van der Waals surface area (Å²) in [6.45, 7) is 5.08. The van der Waals surface area contributed by atoms with Gasteiger partial charge < -0.3 is 10.1 Å². The topological polar surface area (TPSA) is 45.0 Å². The summed E-state index contributed by atoms with van der Waals surface area (Å²) in [5.74, 6) is 0.634. The summed E-state index contributed by atoms with van der Waals surface area (Å²) in [6.07, 6.45) is 1.10. The molecule has 1 aromatic rings. The molecule has 0 aliphatic heterocycles. The van der Waals surface area contributed by atoms with Crippen molar-refractivity contribution in [1.82, 2.24) is 5.32 Å². The molecule has 3 heteroatoms. The number of hydrogen-bond donors (Lipinski definition) is 1. The van der Waals surface area contributed by atoms with Gasteiger partial charge in [-0.05, 0) is 31.0 Å². The van der Waals surface area contributed by atoms with E-state index in [9.17, 15) is 0 Å². The molecular weight excluding hydrogens is 200 g/mol. The molecule has 0 saturated carbocycles. The first-order chi connectivity index (χ1) is 7.71. The Hall–Kier alpha value is -1.53. The second-order valence-corrected chi connectivity index (χ2v) is 3.84. The molecule has 0 fully saturated rings. The summed E-state index contributed by atoms with van der Waals surface area (Å²) in [4.78, 5) is 0. The second kappa shape index (κ2) is 6.14. The minimum absolute atomic E-state index is 0.493. The van der Waals surface area contributed by atoms with Crippen molar-refractivity contribution in [2.45, 2.75) is 32.9 Å². The van der Waals surface area contributed by atoms with Crippen LogP contribution in [-0.2, 0) is 6.54 Å². The molecule has 16 heavy (non-hydrogen) atoms. The Morgan fingerprint density at radius 3 is 2.81 bits per heavy atom. The van der Waals surface area contributed by atoms with Crippen LogP contribution in [0.1, 0.15) is 31.4 Å². The highest BCUT2D eigenvalue weighted by Crippen LogP contribution is 2.18. The summed E-state index contributed by atoms with van der Waals surface area (Å²) < 4.78 is 5.10. The SMILES string of the molecule is CCC(C)NCc1ccc(OC)c(C#N)c1. The standard InChI is InChI=1S/C13H18N2O/c1-4-10(2)15-9-11-5-6-13(16-3)12(7-11)8-14/h5-7,10,15H,4,9H2,1-3H3. The number of benzene rings is 1. The van der Waals surface area contributed by atoms with E-state index in [-0.39, 0.29) is 0 Å². The Bertz CT molecular complexity index is 382. The molecule has 3 nitrogen and oxygen atoms in total. The van der Waals surface area contributed by atoms with Gasteiger partial charge in [-0.2, -0.15) is 5.26 Å². The van der Waals surface area contributed by atoms with Crippen LogP contribution in [0.3, 0.4) is 0 Å². The molecule has 1 unspecified atom stereocenters. The molecule has 0 saturated heterocycles. The van der Waals surface area contributed by atoms with Crippen molar-refractivity contribution in [2.75, 3.05) is 7.11 Å². The highest BCUT2D eigenvalue weighted by atomic mass is 16.5. The van der Waals surface area contributed by atoms with E-state index >= 15 is 0 Å². The molecule has 1 rings (SSSR count). The lowest BCUT2D eigenvalue weighted by Gasteiger charge is -2.12. The molecule has 0 aromatic heterocycles. The summed E-state index contributed by atoms with van der Waals surface area (Å²) in [7, 11) is 1.58. The highest BCUT2D eigenvalue weighted by molar-refractivity contribution is 5.45. The number of ether oxygens (including phenoxy) is 1. The zero-order chi connectivity index (χ0) is 12.0. The predicted molar refractivity (Wildman–Crippen MR) is 64.3 cm³/mol. The maximum atomic E-state index is 8.95. The van der Waals surface area contributed by atoms with Gasteiger partial charge in [0, 0.05) is 12.6 Å². The van der Waals surface area contributed by atoms with Gasteiger partial charge in [0.25, 0.3) is 0 Å². The van der Waals surface area contributed by atoms with Gasteiger partial charge in [-0.25, -0.2) is 0 Å². The molecule has 0 bridgehead atoms. The fourth-order valence-corrected chi connectivity index (χ4v) is 1.39. The second-order valence-electron chi connectivity index (χ2n) is 3.84. The molecule has 0 aliphatic carbocycles. The number of rotatable bonds is 5. The molecule has 1 atom stereocenters. The van der Waals surface area contributed by atoms with Gasteiger partial charge in [-0.3, -0.25) is 0 Å². The fraction of sp³-hybridized carbons (Fsp3) is 0.462. The third-order valence-corrected chi connectivity index (χ3v) is 2.65. The van der Waals surface area contributed by atoms with Crippen LogP contribution in [0.4, 0.5) is 0 Å². The zero-order valence-electron chi connectivity index (χ0n) is 10.1. The molecule has 0 spiro atoms. The van der Waals surface area contributed by atoms with Crippen LogP contribution in [0, 0.1) is 11.3 Å². The van der Waals surface area contributed by atoms with Crippen LogP contribution in [0.2, 0.25) is 0 Å². The fourth-order valence-electron chi connectivity index (χ4n) is 1.39. The van der Waals surface area contributed by atoms with E-state index in [1.807, 2.05) is 18.2 Å². The lowest BCUT2D eigenvalue weighted by molar-refractivity contribution is 0.413. The van der Waals surface area contributed by atoms with Gasteiger partial charge in [-0.1, -0.05) is 13.0 Å². The summed E-state index contributed by atoms with van der Waals surface area (Å²) in [5, 5.41) is 12.3. The Morgan fingerprint density at radius 2 is 2.25 bits per heavy atom. The van der Waals surface area contributed by atoms with Gasteiger partial charge in [0.05, 0.1) is 12.7 Å². The molecule has 0 radical (unpaired) electrons. The van der Waals surface area contributed by atoms with E-state index in [1.54, 1.807) is 7.11 Å². The van der Waals surface area contributed by atoms with E-state index in [1.165, 1.54) is 0 Å². The number of nitrogens with zero attached hydrogens (tertiary/aromatic N) is 1. The van der Waals surface area contributed by atoms with E-state index in [0.717, 1.165) is 18.5 Å². The normalized spacial score (nSPS) is 11.9. The molecule has 1 aromatic carbocycles. The Labute approximate surface area is 97.0 Å². The Morgan fingerprint density at radius 1 is 1.50 bits per heavy atom. The van der Waals surface area contributed by atoms with Crippen molar-refractivity contribution in [3.8, 4) is 11.8 Å². The minimum Gasteiger partial charge on any atom is -0.495 e. The molecule has 1 N–H and O–H groups in total. The first-order valence-corrected chi connectivity index (χ1v) is 5.51. The van der Waals surface area contributed by atoms with Gasteiger partial charge in [-0.15, -0.1) is 0 Å². The van der Waals surface area contributed by atoms with Crippen molar-refractivity contribution in [3.05, 3.63) is 29.3 Å². The summed E-state index contributed by atoms with van der Waals surface area (Å²) in [6, 6.07) is 8.32. The number of methoxy groups -OCH3 is 1. The number of nitrogens with one attached hydrogen (secondary N) is 1. The lowest BCUT2D eigenvalue weighted by Crippen LogP contribution is -2.24. The summed E-state index contributed by atoms with van der Waals surface area (Å²) in [5.41, 5.74) is 1.70. The highest BCUT2D eigenvalue weighted by Gasteiger charge is 2.04. The van der Waals surface area contributed by atoms with Crippen molar-refractivity contribution < 1.29 is 4.74 Å². The quantitative estimate of drug-likeness (QED) is 0.825. The van der Waals surface area contributed by atoms with Gasteiger partial charge in [0.15, 0.2) is 0 Å². The van der Waals surface area contributed by atoms with Crippen LogP contribution >= 0.6 is 0 Å². The van der Waals surface area contributed by atoms with Crippen molar-refractivity contribution in [2.24, 2.45) is 0 Å². The van der Waals surface area contributed by atoms with Crippen LogP contribution in [-0.4, -0.2) is 13.2 Å². The van der Waals surface area contributed by atoms with Gasteiger partial charge in [0.1, 0.15) is 11.8 Å². The van der Waals surface area contributed by atoms with Gasteiger partial charge >= 0.3 is 0 Å². The molecule has 86 valence electrons. The van der Waals surface area contributed by atoms with Crippen LogP contribution in [0.15, 0.2) is 18.2 Å². The predicted octanol–water partition coefficient (Wildman–Crippen LogP) is 2.45. The van der Waals surface area contributed by atoms with E-state index in [2.05, 4.69) is 25.2 Å².